The number of nitro benzene ring substituents is 1. The number of carbonyl (C=O) groups excluding carboxylic acids is 2. The van der Waals surface area contributed by atoms with E-state index in [1.807, 2.05) is 0 Å². The van der Waals surface area contributed by atoms with Crippen LogP contribution in [0, 0.1) is 16.0 Å². The molecular formula is C12H14N2O4. The second-order valence-corrected chi connectivity index (χ2v) is 4.04. The quantitative estimate of drug-likeness (QED) is 0.483. The summed E-state index contributed by atoms with van der Waals surface area (Å²) < 4.78 is 0. The average molecular weight is 250 g/mol. The predicted molar refractivity (Wildman–Crippen MR) is 64.9 cm³/mol. The van der Waals surface area contributed by atoms with E-state index in [2.05, 4.69) is 0 Å². The van der Waals surface area contributed by atoms with Gasteiger partial charge in [-0.15, -0.1) is 0 Å². The Kier molecular flexibility index (Phi) is 4.28. The van der Waals surface area contributed by atoms with E-state index < -0.39 is 28.4 Å². The Labute approximate surface area is 104 Å². The van der Waals surface area contributed by atoms with Crippen molar-refractivity contribution >= 4 is 17.3 Å². The van der Waals surface area contributed by atoms with Crippen molar-refractivity contribution in [2.45, 2.75) is 19.9 Å². The lowest BCUT2D eigenvalue weighted by molar-refractivity contribution is -0.385. The third-order valence-corrected chi connectivity index (χ3v) is 2.73. The van der Waals surface area contributed by atoms with Crippen LogP contribution in [-0.4, -0.2) is 16.5 Å². The Hall–Kier alpha value is -2.08. The monoisotopic (exact) mass is 250 g/mol. The molecule has 0 aliphatic rings. The molecule has 1 rings (SSSR count). The Balaban J connectivity index is 3.25. The zero-order chi connectivity index (χ0) is 13.9. The van der Waals surface area contributed by atoms with Gasteiger partial charge in [-0.3, -0.25) is 19.7 Å². The first-order valence-corrected chi connectivity index (χ1v) is 5.36. The summed E-state index contributed by atoms with van der Waals surface area (Å²) in [5.74, 6) is -1.84. The van der Waals surface area contributed by atoms with Crippen LogP contribution < -0.4 is 5.73 Å². The molecule has 0 aliphatic carbocycles. The third-order valence-electron chi connectivity index (χ3n) is 2.73. The largest absolute Gasteiger partial charge is 0.323 e. The standard InChI is InChI=1S/C12H14N2O4/c1-7(15)11(8(2)16)12(13)9-5-3-4-6-10(9)14(17)18/h3-6,11-12H,13H2,1-2H3. The average Bonchev–Trinajstić information content (AvgIpc) is 2.27. The van der Waals surface area contributed by atoms with E-state index in [1.165, 1.54) is 32.0 Å². The van der Waals surface area contributed by atoms with Crippen LogP contribution in [0.25, 0.3) is 0 Å². The number of hydrogen-bond acceptors (Lipinski definition) is 5. The van der Waals surface area contributed by atoms with Crippen molar-refractivity contribution in [3.05, 3.63) is 39.9 Å². The summed E-state index contributed by atoms with van der Waals surface area (Å²) in [6.45, 7) is 2.50. The minimum Gasteiger partial charge on any atom is -0.323 e. The van der Waals surface area contributed by atoms with Gasteiger partial charge in [0.15, 0.2) is 0 Å². The second kappa shape index (κ2) is 5.50. The molecule has 0 fully saturated rings. The number of rotatable bonds is 5. The van der Waals surface area contributed by atoms with E-state index in [0.717, 1.165) is 0 Å². The number of para-hydroxylation sites is 1. The first-order chi connectivity index (χ1) is 8.36. The van der Waals surface area contributed by atoms with Gasteiger partial charge >= 0.3 is 0 Å². The Morgan fingerprint density at radius 2 is 1.72 bits per heavy atom. The van der Waals surface area contributed by atoms with Gasteiger partial charge in [0.25, 0.3) is 5.69 Å². The fourth-order valence-electron chi connectivity index (χ4n) is 1.91. The maximum atomic E-state index is 11.4. The van der Waals surface area contributed by atoms with Crippen molar-refractivity contribution in [2.24, 2.45) is 11.7 Å². The minimum atomic E-state index is -1.05. The number of benzene rings is 1. The predicted octanol–water partition coefficient (Wildman–Crippen LogP) is 1.39. The number of carbonyl (C=O) groups is 2. The zero-order valence-electron chi connectivity index (χ0n) is 10.1. The normalized spacial score (nSPS) is 12.2. The van der Waals surface area contributed by atoms with Crippen molar-refractivity contribution in [2.75, 3.05) is 0 Å². The molecule has 0 amide bonds. The molecule has 1 atom stereocenters. The van der Waals surface area contributed by atoms with E-state index in [4.69, 9.17) is 5.73 Å². The van der Waals surface area contributed by atoms with Crippen LogP contribution in [-0.2, 0) is 9.59 Å². The number of nitrogens with two attached hydrogens (primary N) is 1. The molecular weight excluding hydrogens is 236 g/mol. The molecule has 96 valence electrons. The minimum absolute atomic E-state index is 0.183. The Bertz CT molecular complexity index is 485. The highest BCUT2D eigenvalue weighted by molar-refractivity contribution is 6.01. The molecule has 1 aromatic carbocycles. The van der Waals surface area contributed by atoms with Gasteiger partial charge in [-0.2, -0.15) is 0 Å². The molecule has 6 heteroatoms. The number of ketones is 2. The lowest BCUT2D eigenvalue weighted by atomic mass is 9.87. The highest BCUT2D eigenvalue weighted by Gasteiger charge is 2.31. The van der Waals surface area contributed by atoms with Crippen molar-refractivity contribution in [1.29, 1.82) is 0 Å². The van der Waals surface area contributed by atoms with E-state index in [-0.39, 0.29) is 11.3 Å². The maximum absolute atomic E-state index is 11.4. The molecule has 18 heavy (non-hydrogen) atoms. The molecule has 0 aliphatic heterocycles. The summed E-state index contributed by atoms with van der Waals surface area (Å²) in [4.78, 5) is 33.1. The van der Waals surface area contributed by atoms with E-state index in [0.29, 0.717) is 0 Å². The summed E-state index contributed by atoms with van der Waals surface area (Å²) >= 11 is 0. The van der Waals surface area contributed by atoms with Crippen LogP contribution >= 0.6 is 0 Å². The first kappa shape index (κ1) is 14.0. The third kappa shape index (κ3) is 2.78. The molecule has 2 N–H and O–H groups in total. The fourth-order valence-corrected chi connectivity index (χ4v) is 1.91. The molecule has 0 radical (unpaired) electrons. The van der Waals surface area contributed by atoms with Crippen LogP contribution in [0.5, 0.6) is 0 Å². The van der Waals surface area contributed by atoms with Crippen LogP contribution in [0.4, 0.5) is 5.69 Å². The molecule has 0 saturated carbocycles. The number of Topliss-reactive ketones (excluding diaryl/α,β-unsaturated/α-hetero) is 2. The van der Waals surface area contributed by atoms with Gasteiger partial charge in [0, 0.05) is 11.6 Å². The number of nitrogens with zero attached hydrogens (tertiary/aromatic N) is 1. The van der Waals surface area contributed by atoms with Gasteiger partial charge in [0.05, 0.1) is 16.9 Å². The van der Waals surface area contributed by atoms with Crippen LogP contribution in [0.2, 0.25) is 0 Å². The van der Waals surface area contributed by atoms with Crippen LogP contribution in [0.15, 0.2) is 24.3 Å². The van der Waals surface area contributed by atoms with E-state index in [9.17, 15) is 19.7 Å². The SMILES string of the molecule is CC(=O)C(C(C)=O)C(N)c1ccccc1[N+](=O)[O-]. The Morgan fingerprint density at radius 3 is 2.17 bits per heavy atom. The molecule has 0 saturated heterocycles. The van der Waals surface area contributed by atoms with E-state index >= 15 is 0 Å². The summed E-state index contributed by atoms with van der Waals surface area (Å²) in [6, 6.07) is 4.85. The summed E-state index contributed by atoms with van der Waals surface area (Å²) in [5, 5.41) is 10.9. The lowest BCUT2D eigenvalue weighted by Crippen LogP contribution is -2.32. The topological polar surface area (TPSA) is 103 Å². The molecule has 6 nitrogen and oxygen atoms in total. The second-order valence-electron chi connectivity index (χ2n) is 4.04. The van der Waals surface area contributed by atoms with Gasteiger partial charge in [-0.1, -0.05) is 18.2 Å². The molecule has 1 unspecified atom stereocenters. The highest BCUT2D eigenvalue weighted by Crippen LogP contribution is 2.29. The molecule has 0 heterocycles. The van der Waals surface area contributed by atoms with Crippen molar-refractivity contribution < 1.29 is 14.5 Å². The van der Waals surface area contributed by atoms with Crippen molar-refractivity contribution in [3.63, 3.8) is 0 Å². The van der Waals surface area contributed by atoms with Gasteiger partial charge in [0.2, 0.25) is 0 Å². The Morgan fingerprint density at radius 1 is 1.22 bits per heavy atom. The van der Waals surface area contributed by atoms with Gasteiger partial charge in [0.1, 0.15) is 11.6 Å². The lowest BCUT2D eigenvalue weighted by Gasteiger charge is -2.19. The molecule has 1 aromatic rings. The van der Waals surface area contributed by atoms with Crippen LogP contribution in [0.3, 0.4) is 0 Å². The molecule has 0 spiro atoms. The highest BCUT2D eigenvalue weighted by atomic mass is 16.6. The summed E-state index contributed by atoms with van der Waals surface area (Å²) in [7, 11) is 0. The molecule has 0 bridgehead atoms. The fraction of sp³-hybridized carbons (Fsp3) is 0.333. The smallest absolute Gasteiger partial charge is 0.274 e. The van der Waals surface area contributed by atoms with Crippen molar-refractivity contribution in [3.8, 4) is 0 Å². The molecule has 0 aromatic heterocycles. The van der Waals surface area contributed by atoms with Gasteiger partial charge in [-0.25, -0.2) is 0 Å². The summed E-state index contributed by atoms with van der Waals surface area (Å²) in [6.07, 6.45) is 0. The maximum Gasteiger partial charge on any atom is 0.274 e. The van der Waals surface area contributed by atoms with Gasteiger partial charge < -0.3 is 5.73 Å². The van der Waals surface area contributed by atoms with Crippen molar-refractivity contribution in [1.82, 2.24) is 0 Å². The number of nitro groups is 1. The van der Waals surface area contributed by atoms with E-state index in [1.54, 1.807) is 6.07 Å². The van der Waals surface area contributed by atoms with Gasteiger partial charge in [-0.05, 0) is 13.8 Å². The summed E-state index contributed by atoms with van der Waals surface area (Å²) in [5.41, 5.74) is 5.84. The first-order valence-electron chi connectivity index (χ1n) is 5.36. The number of hydrogen-bond donors (Lipinski definition) is 1. The zero-order valence-corrected chi connectivity index (χ0v) is 10.1. The van der Waals surface area contributed by atoms with Crippen LogP contribution in [0.1, 0.15) is 25.5 Å².